The van der Waals surface area contributed by atoms with Crippen molar-refractivity contribution in [1.29, 1.82) is 0 Å². The van der Waals surface area contributed by atoms with Crippen molar-refractivity contribution in [2.75, 3.05) is 31.5 Å². The fourth-order valence-electron chi connectivity index (χ4n) is 2.68. The molecule has 0 fully saturated rings. The highest BCUT2D eigenvalue weighted by molar-refractivity contribution is 14.1. The van der Waals surface area contributed by atoms with E-state index >= 15 is 0 Å². The van der Waals surface area contributed by atoms with E-state index in [1.165, 1.54) is 37.7 Å². The average Bonchev–Trinajstić information content (AvgIpc) is 3.34. The first kappa shape index (κ1) is 23.5. The zero-order chi connectivity index (χ0) is 23.1. The predicted octanol–water partition coefficient (Wildman–Crippen LogP) is 4.42. The van der Waals surface area contributed by atoms with Crippen molar-refractivity contribution in [2.45, 2.75) is 0 Å². The summed E-state index contributed by atoms with van der Waals surface area (Å²) < 4.78 is 16.7. The molecular weight excluding hydrogens is 547 g/mol. The van der Waals surface area contributed by atoms with Crippen molar-refractivity contribution < 1.29 is 28.6 Å². The Kier molecular flexibility index (Phi) is 8.06. The van der Waals surface area contributed by atoms with Crippen LogP contribution in [-0.2, 0) is 9.53 Å². The Hall–Kier alpha value is -3.12. The number of thiophene rings is 1. The molecule has 166 valence electrons. The number of esters is 1. The van der Waals surface area contributed by atoms with Crippen molar-refractivity contribution in [2.24, 2.45) is 0 Å². The zero-order valence-electron chi connectivity index (χ0n) is 17.1. The lowest BCUT2D eigenvalue weighted by atomic mass is 10.1. The minimum absolute atomic E-state index is 0.0228. The molecule has 2 aromatic carbocycles. The lowest BCUT2D eigenvalue weighted by Gasteiger charge is -2.15. The highest BCUT2D eigenvalue weighted by Crippen LogP contribution is 2.34. The summed E-state index contributed by atoms with van der Waals surface area (Å²) in [6.07, 6.45) is 0. The molecule has 0 atom stereocenters. The van der Waals surface area contributed by atoms with Crippen LogP contribution in [0.5, 0.6) is 11.5 Å². The van der Waals surface area contributed by atoms with E-state index in [4.69, 9.17) is 14.2 Å². The molecule has 2 N–H and O–H groups in total. The van der Waals surface area contributed by atoms with Gasteiger partial charge in [0, 0.05) is 21.4 Å². The summed E-state index contributed by atoms with van der Waals surface area (Å²) in [5, 5.41) is 7.10. The van der Waals surface area contributed by atoms with Crippen LogP contribution in [0.25, 0.3) is 0 Å². The van der Waals surface area contributed by atoms with Gasteiger partial charge in [0.25, 0.3) is 11.8 Å². The van der Waals surface area contributed by atoms with Crippen molar-refractivity contribution in [1.82, 2.24) is 0 Å². The molecule has 1 heterocycles. The SMILES string of the molecule is COc1cc(NC(=O)c2cccs2)c(C(=O)OCC(=O)Nc2ccc(I)cc2)cc1OC. The molecule has 10 heteroatoms. The first-order chi connectivity index (χ1) is 15.4. The summed E-state index contributed by atoms with van der Waals surface area (Å²) >= 11 is 3.42. The van der Waals surface area contributed by atoms with Gasteiger partial charge in [0.15, 0.2) is 18.1 Å². The third-order valence-electron chi connectivity index (χ3n) is 4.20. The Morgan fingerprint density at radius 1 is 0.969 bits per heavy atom. The van der Waals surface area contributed by atoms with Crippen LogP contribution in [0.4, 0.5) is 11.4 Å². The molecule has 0 aliphatic rings. The minimum Gasteiger partial charge on any atom is -0.493 e. The van der Waals surface area contributed by atoms with E-state index in [0.717, 1.165) is 3.57 Å². The van der Waals surface area contributed by atoms with Crippen LogP contribution >= 0.6 is 33.9 Å². The molecular formula is C22H19IN2O6S. The van der Waals surface area contributed by atoms with Crippen molar-refractivity contribution in [3.63, 3.8) is 0 Å². The molecule has 0 aliphatic heterocycles. The fraction of sp³-hybridized carbons (Fsp3) is 0.136. The van der Waals surface area contributed by atoms with Crippen LogP contribution in [0, 0.1) is 3.57 Å². The maximum atomic E-state index is 12.8. The number of carbonyl (C=O) groups excluding carboxylic acids is 3. The molecule has 3 rings (SSSR count). The van der Waals surface area contributed by atoms with Crippen LogP contribution < -0.4 is 20.1 Å². The molecule has 0 saturated heterocycles. The Bertz CT molecular complexity index is 1120. The van der Waals surface area contributed by atoms with Gasteiger partial charge in [0.05, 0.1) is 30.3 Å². The number of carbonyl (C=O) groups is 3. The van der Waals surface area contributed by atoms with Crippen LogP contribution in [0.15, 0.2) is 53.9 Å². The number of halogens is 1. The van der Waals surface area contributed by atoms with E-state index in [-0.39, 0.29) is 17.0 Å². The number of benzene rings is 2. The maximum absolute atomic E-state index is 12.8. The van der Waals surface area contributed by atoms with Crippen molar-refractivity contribution >= 4 is 63.1 Å². The summed E-state index contributed by atoms with van der Waals surface area (Å²) in [5.74, 6) is -1.09. The number of rotatable bonds is 8. The van der Waals surface area contributed by atoms with Crippen molar-refractivity contribution in [3.05, 3.63) is 67.9 Å². The van der Waals surface area contributed by atoms with E-state index < -0.39 is 24.4 Å². The van der Waals surface area contributed by atoms with Gasteiger partial charge in [-0.3, -0.25) is 9.59 Å². The minimum atomic E-state index is -0.801. The third kappa shape index (κ3) is 5.98. The summed E-state index contributed by atoms with van der Waals surface area (Å²) in [5.41, 5.74) is 0.778. The van der Waals surface area contributed by atoms with Crippen molar-refractivity contribution in [3.8, 4) is 11.5 Å². The van der Waals surface area contributed by atoms with E-state index in [9.17, 15) is 14.4 Å². The van der Waals surface area contributed by atoms with Crippen LogP contribution in [0.2, 0.25) is 0 Å². The molecule has 0 bridgehead atoms. The summed E-state index contributed by atoms with van der Waals surface area (Å²) in [6.45, 7) is -0.503. The van der Waals surface area contributed by atoms with Crippen LogP contribution in [0.1, 0.15) is 20.0 Å². The lowest BCUT2D eigenvalue weighted by Crippen LogP contribution is -2.22. The van der Waals surface area contributed by atoms with E-state index in [1.807, 2.05) is 12.1 Å². The van der Waals surface area contributed by atoms with Gasteiger partial charge in [-0.1, -0.05) is 6.07 Å². The monoisotopic (exact) mass is 566 g/mol. The number of hydrogen-bond donors (Lipinski definition) is 2. The quantitative estimate of drug-likeness (QED) is 0.309. The summed E-state index contributed by atoms with van der Waals surface area (Å²) in [4.78, 5) is 37.9. The molecule has 1 aromatic heterocycles. The van der Waals surface area contributed by atoms with Gasteiger partial charge in [-0.05, 0) is 58.3 Å². The topological polar surface area (TPSA) is 103 Å². The Morgan fingerprint density at radius 3 is 2.28 bits per heavy atom. The molecule has 0 saturated carbocycles. The van der Waals surface area contributed by atoms with Gasteiger partial charge in [0.2, 0.25) is 0 Å². The van der Waals surface area contributed by atoms with E-state index in [0.29, 0.717) is 16.3 Å². The van der Waals surface area contributed by atoms with Gasteiger partial charge in [0.1, 0.15) is 0 Å². The van der Waals surface area contributed by atoms with Crippen LogP contribution in [0.3, 0.4) is 0 Å². The number of amides is 2. The molecule has 0 spiro atoms. The number of nitrogens with one attached hydrogen (secondary N) is 2. The summed E-state index contributed by atoms with van der Waals surface area (Å²) in [7, 11) is 2.86. The molecule has 32 heavy (non-hydrogen) atoms. The van der Waals surface area contributed by atoms with Gasteiger partial charge in [-0.15, -0.1) is 11.3 Å². The second-order valence-corrected chi connectivity index (χ2v) is 8.51. The number of methoxy groups -OCH3 is 2. The largest absolute Gasteiger partial charge is 0.493 e. The lowest BCUT2D eigenvalue weighted by molar-refractivity contribution is -0.119. The van der Waals surface area contributed by atoms with Gasteiger partial charge >= 0.3 is 5.97 Å². The molecule has 2 amide bonds. The predicted molar refractivity (Wildman–Crippen MR) is 130 cm³/mol. The normalized spacial score (nSPS) is 10.2. The Morgan fingerprint density at radius 2 is 1.66 bits per heavy atom. The third-order valence-corrected chi connectivity index (χ3v) is 5.79. The zero-order valence-corrected chi connectivity index (χ0v) is 20.1. The first-order valence-corrected chi connectivity index (χ1v) is 11.2. The summed E-state index contributed by atoms with van der Waals surface area (Å²) in [6, 6.07) is 13.4. The maximum Gasteiger partial charge on any atom is 0.340 e. The highest BCUT2D eigenvalue weighted by atomic mass is 127. The molecule has 0 aliphatic carbocycles. The fourth-order valence-corrected chi connectivity index (χ4v) is 3.66. The molecule has 8 nitrogen and oxygen atoms in total. The molecule has 0 unspecified atom stereocenters. The van der Waals surface area contributed by atoms with Gasteiger partial charge in [-0.2, -0.15) is 0 Å². The average molecular weight is 566 g/mol. The van der Waals surface area contributed by atoms with Gasteiger partial charge < -0.3 is 24.8 Å². The first-order valence-electron chi connectivity index (χ1n) is 9.24. The number of anilines is 2. The van der Waals surface area contributed by atoms with Gasteiger partial charge in [-0.25, -0.2) is 4.79 Å². The Balaban J connectivity index is 1.76. The highest BCUT2D eigenvalue weighted by Gasteiger charge is 2.21. The second kappa shape index (κ2) is 11.0. The van der Waals surface area contributed by atoms with Crippen LogP contribution in [-0.4, -0.2) is 38.6 Å². The Labute approximate surface area is 202 Å². The number of hydrogen-bond acceptors (Lipinski definition) is 7. The molecule has 3 aromatic rings. The molecule has 0 radical (unpaired) electrons. The van der Waals surface area contributed by atoms with E-state index in [2.05, 4.69) is 33.2 Å². The smallest absolute Gasteiger partial charge is 0.340 e. The van der Waals surface area contributed by atoms with E-state index in [1.54, 1.807) is 29.6 Å². The second-order valence-electron chi connectivity index (χ2n) is 6.32. The standard InChI is InChI=1S/C22H19IN2O6S/c1-29-17-10-15(16(11-18(17)30-2)25-21(27)19-4-3-9-32-19)22(28)31-12-20(26)24-14-7-5-13(23)6-8-14/h3-11H,12H2,1-2H3,(H,24,26)(H,25,27). The number of ether oxygens (including phenoxy) is 3.